The molecule has 1 N–H and O–H groups in total. The van der Waals surface area contributed by atoms with Crippen LogP contribution in [0.25, 0.3) is 22.9 Å². The highest BCUT2D eigenvalue weighted by Crippen LogP contribution is 2.19. The first-order chi connectivity index (χ1) is 9.33. The lowest BCUT2D eigenvalue weighted by Gasteiger charge is -2.05. The van der Waals surface area contributed by atoms with Gasteiger partial charge in [0.05, 0.1) is 12.3 Å². The van der Waals surface area contributed by atoms with Crippen molar-refractivity contribution < 1.29 is 5.11 Å². The van der Waals surface area contributed by atoms with E-state index < -0.39 is 0 Å². The lowest BCUT2D eigenvalue weighted by atomic mass is 10.2. The van der Waals surface area contributed by atoms with Crippen LogP contribution in [-0.2, 0) is 6.61 Å². The summed E-state index contributed by atoms with van der Waals surface area (Å²) in [4.78, 5) is 12.7. The molecule has 5 nitrogen and oxygen atoms in total. The SMILES string of the molecule is C=Cc1ncnc2c1ncn2-c1cccc(CO)c1. The van der Waals surface area contributed by atoms with Gasteiger partial charge in [-0.2, -0.15) is 0 Å². The first-order valence-electron chi connectivity index (χ1n) is 5.84. The first-order valence-corrected chi connectivity index (χ1v) is 5.84. The Balaban J connectivity index is 2.22. The van der Waals surface area contributed by atoms with E-state index in [-0.39, 0.29) is 6.61 Å². The number of aliphatic hydroxyl groups excluding tert-OH is 1. The van der Waals surface area contributed by atoms with Crippen LogP contribution >= 0.6 is 0 Å². The minimum atomic E-state index is 0.00730. The van der Waals surface area contributed by atoms with Gasteiger partial charge in [0.15, 0.2) is 5.65 Å². The Morgan fingerprint density at radius 3 is 2.95 bits per heavy atom. The maximum Gasteiger partial charge on any atom is 0.168 e. The highest BCUT2D eigenvalue weighted by Gasteiger charge is 2.09. The zero-order valence-corrected chi connectivity index (χ0v) is 10.2. The van der Waals surface area contributed by atoms with Crippen molar-refractivity contribution in [3.05, 3.63) is 54.8 Å². The van der Waals surface area contributed by atoms with Crippen molar-refractivity contribution in [1.29, 1.82) is 0 Å². The van der Waals surface area contributed by atoms with Crippen LogP contribution < -0.4 is 0 Å². The zero-order valence-electron chi connectivity index (χ0n) is 10.2. The molecule has 3 aromatic rings. The molecule has 2 heterocycles. The topological polar surface area (TPSA) is 63.8 Å². The first kappa shape index (κ1) is 11.6. The van der Waals surface area contributed by atoms with Crippen molar-refractivity contribution in [2.24, 2.45) is 0 Å². The maximum absolute atomic E-state index is 9.19. The van der Waals surface area contributed by atoms with Crippen LogP contribution in [0.3, 0.4) is 0 Å². The van der Waals surface area contributed by atoms with E-state index in [1.807, 2.05) is 28.8 Å². The van der Waals surface area contributed by atoms with E-state index in [0.717, 1.165) is 16.9 Å². The van der Waals surface area contributed by atoms with Gasteiger partial charge in [-0.05, 0) is 23.8 Å². The number of aliphatic hydroxyl groups is 1. The summed E-state index contributed by atoms with van der Waals surface area (Å²) < 4.78 is 1.86. The summed E-state index contributed by atoms with van der Waals surface area (Å²) in [5, 5.41) is 9.19. The molecule has 2 aromatic heterocycles. The normalized spacial score (nSPS) is 10.8. The summed E-state index contributed by atoms with van der Waals surface area (Å²) in [5.41, 5.74) is 3.90. The standard InChI is InChI=1S/C14H12N4O/c1-2-12-13-14(16-8-15-12)18(9-17-13)11-5-3-4-10(6-11)7-19/h2-6,8-9,19H,1,7H2. The molecule has 1 aromatic carbocycles. The minimum Gasteiger partial charge on any atom is -0.392 e. The van der Waals surface area contributed by atoms with Crippen molar-refractivity contribution >= 4 is 17.2 Å². The average Bonchev–Trinajstić information content (AvgIpc) is 2.91. The molecule has 0 saturated carbocycles. The fourth-order valence-corrected chi connectivity index (χ4v) is 2.00. The maximum atomic E-state index is 9.19. The largest absolute Gasteiger partial charge is 0.392 e. The van der Waals surface area contributed by atoms with Crippen molar-refractivity contribution in [3.8, 4) is 5.69 Å². The number of rotatable bonds is 3. The molecule has 0 aliphatic rings. The van der Waals surface area contributed by atoms with Crippen LogP contribution in [0.1, 0.15) is 11.3 Å². The summed E-state index contributed by atoms with van der Waals surface area (Å²) in [5.74, 6) is 0. The number of hydrogen-bond acceptors (Lipinski definition) is 4. The van der Waals surface area contributed by atoms with Gasteiger partial charge >= 0.3 is 0 Å². The molecule has 0 saturated heterocycles. The summed E-state index contributed by atoms with van der Waals surface area (Å²) in [6.07, 6.45) is 4.85. The zero-order chi connectivity index (χ0) is 13.2. The predicted octanol–water partition coefficient (Wildman–Crippen LogP) is 1.95. The van der Waals surface area contributed by atoms with E-state index >= 15 is 0 Å². The van der Waals surface area contributed by atoms with Gasteiger partial charge in [0.25, 0.3) is 0 Å². The second kappa shape index (κ2) is 4.62. The Labute approximate surface area is 109 Å². The molecule has 5 heteroatoms. The van der Waals surface area contributed by atoms with Crippen LogP contribution in [0, 0.1) is 0 Å². The molecule has 3 rings (SSSR count). The van der Waals surface area contributed by atoms with E-state index in [4.69, 9.17) is 0 Å². The van der Waals surface area contributed by atoms with Gasteiger partial charge in [0.1, 0.15) is 18.2 Å². The van der Waals surface area contributed by atoms with E-state index in [9.17, 15) is 5.11 Å². The smallest absolute Gasteiger partial charge is 0.168 e. The minimum absolute atomic E-state index is 0.00730. The van der Waals surface area contributed by atoms with Crippen LogP contribution in [-0.4, -0.2) is 24.6 Å². The Hall–Kier alpha value is -2.53. The summed E-state index contributed by atoms with van der Waals surface area (Å²) in [6.45, 7) is 3.73. The van der Waals surface area contributed by atoms with Crippen molar-refractivity contribution in [2.75, 3.05) is 0 Å². The summed E-state index contributed by atoms with van der Waals surface area (Å²) in [7, 11) is 0. The number of hydrogen-bond donors (Lipinski definition) is 1. The number of fused-ring (bicyclic) bond motifs is 1. The number of aromatic nitrogens is 4. The van der Waals surface area contributed by atoms with Crippen molar-refractivity contribution in [3.63, 3.8) is 0 Å². The second-order valence-corrected chi connectivity index (χ2v) is 4.08. The number of nitrogens with zero attached hydrogens (tertiary/aromatic N) is 4. The Kier molecular flexibility index (Phi) is 2.81. The van der Waals surface area contributed by atoms with E-state index in [0.29, 0.717) is 11.2 Å². The van der Waals surface area contributed by atoms with Crippen LogP contribution in [0.5, 0.6) is 0 Å². The van der Waals surface area contributed by atoms with E-state index in [1.54, 1.807) is 12.4 Å². The lowest BCUT2D eigenvalue weighted by molar-refractivity contribution is 0.282. The third-order valence-corrected chi connectivity index (χ3v) is 2.93. The third kappa shape index (κ3) is 1.90. The quantitative estimate of drug-likeness (QED) is 0.773. The summed E-state index contributed by atoms with van der Waals surface area (Å²) >= 11 is 0. The predicted molar refractivity (Wildman–Crippen MR) is 72.7 cm³/mol. The molecule has 0 unspecified atom stereocenters. The highest BCUT2D eigenvalue weighted by atomic mass is 16.3. The fourth-order valence-electron chi connectivity index (χ4n) is 2.00. The van der Waals surface area contributed by atoms with E-state index in [1.165, 1.54) is 6.33 Å². The second-order valence-electron chi connectivity index (χ2n) is 4.08. The molecule has 0 aliphatic heterocycles. The van der Waals surface area contributed by atoms with Crippen LogP contribution in [0.2, 0.25) is 0 Å². The van der Waals surface area contributed by atoms with Crippen molar-refractivity contribution in [2.45, 2.75) is 6.61 Å². The molecule has 0 fully saturated rings. The third-order valence-electron chi connectivity index (χ3n) is 2.93. The Bertz CT molecular complexity index is 748. The van der Waals surface area contributed by atoms with Gasteiger partial charge in [-0.1, -0.05) is 18.7 Å². The van der Waals surface area contributed by atoms with Gasteiger partial charge in [0, 0.05) is 5.69 Å². The molecule has 0 spiro atoms. The molecule has 0 amide bonds. The van der Waals surface area contributed by atoms with Crippen molar-refractivity contribution in [1.82, 2.24) is 19.5 Å². The Morgan fingerprint density at radius 2 is 2.16 bits per heavy atom. The highest BCUT2D eigenvalue weighted by molar-refractivity contribution is 5.80. The monoisotopic (exact) mass is 252 g/mol. The summed E-state index contributed by atoms with van der Waals surface area (Å²) in [6, 6.07) is 7.60. The van der Waals surface area contributed by atoms with Crippen LogP contribution in [0.15, 0.2) is 43.5 Å². The number of benzene rings is 1. The average molecular weight is 252 g/mol. The van der Waals surface area contributed by atoms with Crippen LogP contribution in [0.4, 0.5) is 0 Å². The number of imidazole rings is 1. The molecule has 0 atom stereocenters. The molecular weight excluding hydrogens is 240 g/mol. The molecule has 0 bridgehead atoms. The molecule has 0 radical (unpaired) electrons. The molecule has 0 aliphatic carbocycles. The van der Waals surface area contributed by atoms with Gasteiger partial charge in [-0.3, -0.25) is 4.57 Å². The molecule has 19 heavy (non-hydrogen) atoms. The Morgan fingerprint density at radius 1 is 1.26 bits per heavy atom. The van der Waals surface area contributed by atoms with Gasteiger partial charge in [0.2, 0.25) is 0 Å². The van der Waals surface area contributed by atoms with Gasteiger partial charge < -0.3 is 5.11 Å². The lowest BCUT2D eigenvalue weighted by Crippen LogP contribution is -1.96. The van der Waals surface area contributed by atoms with E-state index in [2.05, 4.69) is 21.5 Å². The van der Waals surface area contributed by atoms with Gasteiger partial charge in [-0.25, -0.2) is 15.0 Å². The fraction of sp³-hybridized carbons (Fsp3) is 0.0714. The van der Waals surface area contributed by atoms with Gasteiger partial charge in [-0.15, -0.1) is 0 Å². The molecule has 94 valence electrons. The molecular formula is C14H12N4O.